The fourth-order valence-electron chi connectivity index (χ4n) is 1.33. The van der Waals surface area contributed by atoms with Crippen LogP contribution in [0.4, 0.5) is 4.39 Å². The minimum Gasteiger partial charge on any atom is -0.352 e. The third-order valence-electron chi connectivity index (χ3n) is 3.24. The van der Waals surface area contributed by atoms with Gasteiger partial charge in [0.15, 0.2) is 0 Å². The van der Waals surface area contributed by atoms with Gasteiger partial charge in [0.05, 0.1) is 5.56 Å². The molecule has 0 spiro atoms. The van der Waals surface area contributed by atoms with Gasteiger partial charge in [-0.15, -0.1) is 12.6 Å². The summed E-state index contributed by atoms with van der Waals surface area (Å²) in [5, 5.41) is 2.76. The van der Waals surface area contributed by atoms with Crippen LogP contribution in [0, 0.1) is 17.2 Å². The molecular weight excluding hydrogens is 249 g/mol. The number of hydrogen-bond acceptors (Lipinski definition) is 2. The Balaban J connectivity index is 2.69. The predicted octanol–water partition coefficient (Wildman–Crippen LogP) is 3.53. The van der Waals surface area contributed by atoms with Crippen molar-refractivity contribution < 1.29 is 9.18 Å². The molecule has 0 fully saturated rings. The number of rotatable bonds is 3. The Morgan fingerprint density at radius 2 is 2.06 bits per heavy atom. The van der Waals surface area contributed by atoms with Crippen molar-refractivity contribution in [1.82, 2.24) is 5.32 Å². The van der Waals surface area contributed by atoms with Gasteiger partial charge in [0.2, 0.25) is 0 Å². The highest BCUT2D eigenvalue weighted by Crippen LogP contribution is 2.24. The first kappa shape index (κ1) is 15.0. The number of carbonyl (C=O) groups excluding carboxylic acids is 1. The van der Waals surface area contributed by atoms with Crippen LogP contribution in [0.15, 0.2) is 23.1 Å². The summed E-state index contributed by atoms with van der Waals surface area (Å²) in [6.07, 6.45) is 0. The molecule has 1 unspecified atom stereocenters. The fraction of sp³-hybridized carbons (Fsp3) is 0.500. The highest BCUT2D eigenvalue weighted by atomic mass is 32.1. The summed E-state index contributed by atoms with van der Waals surface area (Å²) in [4.78, 5) is 12.4. The Bertz CT molecular complexity index is 440. The van der Waals surface area contributed by atoms with Crippen LogP contribution in [0.25, 0.3) is 0 Å². The Kier molecular flexibility index (Phi) is 4.79. The predicted molar refractivity (Wildman–Crippen MR) is 74.6 cm³/mol. The lowest BCUT2D eigenvalue weighted by Crippen LogP contribution is -2.34. The molecule has 0 radical (unpaired) electrons. The van der Waals surface area contributed by atoms with E-state index in [1.807, 2.05) is 0 Å². The summed E-state index contributed by atoms with van der Waals surface area (Å²) >= 11 is 4.10. The molecule has 100 valence electrons. The van der Waals surface area contributed by atoms with Gasteiger partial charge >= 0.3 is 0 Å². The molecule has 1 atom stereocenters. The topological polar surface area (TPSA) is 29.1 Å². The Hall–Kier alpha value is -1.03. The second-order valence-electron chi connectivity index (χ2n) is 5.64. The van der Waals surface area contributed by atoms with Crippen molar-refractivity contribution in [2.24, 2.45) is 11.3 Å². The van der Waals surface area contributed by atoms with Crippen LogP contribution in [-0.2, 0) is 0 Å². The van der Waals surface area contributed by atoms with E-state index in [4.69, 9.17) is 0 Å². The number of thiol groups is 1. The van der Waals surface area contributed by atoms with E-state index in [2.05, 4.69) is 45.6 Å². The molecule has 0 aromatic heterocycles. The summed E-state index contributed by atoms with van der Waals surface area (Å²) in [5.41, 5.74) is 0.153. The van der Waals surface area contributed by atoms with Gasteiger partial charge in [-0.2, -0.15) is 0 Å². The van der Waals surface area contributed by atoms with Crippen molar-refractivity contribution in [3.8, 4) is 0 Å². The van der Waals surface area contributed by atoms with Crippen LogP contribution in [0.1, 0.15) is 38.1 Å². The zero-order chi connectivity index (χ0) is 13.9. The number of nitrogens with one attached hydrogen (secondary N) is 1. The summed E-state index contributed by atoms with van der Waals surface area (Å²) in [7, 11) is 0. The van der Waals surface area contributed by atoms with Crippen molar-refractivity contribution in [3.63, 3.8) is 0 Å². The molecule has 1 N–H and O–H groups in total. The average molecular weight is 269 g/mol. The maximum Gasteiger partial charge on any atom is 0.254 e. The van der Waals surface area contributed by atoms with Crippen LogP contribution in [-0.4, -0.2) is 12.5 Å². The van der Waals surface area contributed by atoms with Gasteiger partial charge in [-0.25, -0.2) is 4.39 Å². The van der Waals surface area contributed by atoms with Crippen LogP contribution in [0.5, 0.6) is 0 Å². The SMILES string of the molecule is CC(CNC(=O)c1cc(S)ccc1F)C(C)(C)C. The molecule has 0 aliphatic heterocycles. The van der Waals surface area contributed by atoms with Gasteiger partial charge in [-0.05, 0) is 29.5 Å². The first-order valence-corrected chi connectivity index (χ1v) is 6.43. The molecule has 1 rings (SSSR count). The molecule has 1 aromatic carbocycles. The van der Waals surface area contributed by atoms with Crippen molar-refractivity contribution in [2.75, 3.05) is 6.54 Å². The first-order valence-electron chi connectivity index (χ1n) is 5.98. The lowest BCUT2D eigenvalue weighted by molar-refractivity contribution is 0.0933. The second-order valence-corrected chi connectivity index (χ2v) is 6.16. The molecule has 2 nitrogen and oxygen atoms in total. The maximum absolute atomic E-state index is 13.5. The highest BCUT2D eigenvalue weighted by molar-refractivity contribution is 7.80. The maximum atomic E-state index is 13.5. The van der Waals surface area contributed by atoms with Gasteiger partial charge in [0.1, 0.15) is 5.82 Å². The van der Waals surface area contributed by atoms with E-state index < -0.39 is 5.82 Å². The van der Waals surface area contributed by atoms with Crippen molar-refractivity contribution >= 4 is 18.5 Å². The van der Waals surface area contributed by atoms with E-state index in [1.165, 1.54) is 18.2 Å². The molecule has 0 aliphatic rings. The van der Waals surface area contributed by atoms with Gasteiger partial charge in [-0.1, -0.05) is 27.7 Å². The van der Waals surface area contributed by atoms with Gasteiger partial charge in [0.25, 0.3) is 5.91 Å². The molecule has 4 heteroatoms. The van der Waals surface area contributed by atoms with Crippen molar-refractivity contribution in [1.29, 1.82) is 0 Å². The standard InChI is InChI=1S/C14H20FNOS/c1-9(14(2,3)4)8-16-13(17)11-7-10(18)5-6-12(11)15/h5-7,9,18H,8H2,1-4H3,(H,16,17). The van der Waals surface area contributed by atoms with Gasteiger partial charge < -0.3 is 5.32 Å². The average Bonchev–Trinajstić information content (AvgIpc) is 2.27. The fourth-order valence-corrected chi connectivity index (χ4v) is 1.54. The lowest BCUT2D eigenvalue weighted by atomic mass is 9.82. The molecule has 1 amide bonds. The van der Waals surface area contributed by atoms with E-state index in [0.717, 1.165) is 0 Å². The third kappa shape index (κ3) is 4.02. The molecule has 18 heavy (non-hydrogen) atoms. The molecule has 0 heterocycles. The monoisotopic (exact) mass is 269 g/mol. The lowest BCUT2D eigenvalue weighted by Gasteiger charge is -2.27. The largest absolute Gasteiger partial charge is 0.352 e. The Labute approximate surface area is 113 Å². The van der Waals surface area contributed by atoms with Gasteiger partial charge in [-0.3, -0.25) is 4.79 Å². The quantitative estimate of drug-likeness (QED) is 0.808. The summed E-state index contributed by atoms with van der Waals surface area (Å²) in [6.45, 7) is 8.92. The smallest absolute Gasteiger partial charge is 0.254 e. The summed E-state index contributed by atoms with van der Waals surface area (Å²) < 4.78 is 13.5. The summed E-state index contributed by atoms with van der Waals surface area (Å²) in [5.74, 6) is -0.600. The zero-order valence-corrected chi connectivity index (χ0v) is 12.1. The van der Waals surface area contributed by atoms with E-state index in [1.54, 1.807) is 0 Å². The molecule has 1 aromatic rings. The molecule has 0 aliphatic carbocycles. The van der Waals surface area contributed by atoms with Gasteiger partial charge in [0, 0.05) is 11.4 Å². The molecule has 0 saturated carbocycles. The normalized spacial score (nSPS) is 13.2. The second kappa shape index (κ2) is 5.74. The van der Waals surface area contributed by atoms with E-state index in [0.29, 0.717) is 17.4 Å². The van der Waals surface area contributed by atoms with E-state index >= 15 is 0 Å². The highest BCUT2D eigenvalue weighted by Gasteiger charge is 2.21. The number of carbonyl (C=O) groups is 1. The van der Waals surface area contributed by atoms with Crippen LogP contribution in [0.2, 0.25) is 0 Å². The number of hydrogen-bond donors (Lipinski definition) is 2. The minimum absolute atomic E-state index is 0.0450. The van der Waals surface area contributed by atoms with Crippen molar-refractivity contribution in [2.45, 2.75) is 32.6 Å². The minimum atomic E-state index is -0.520. The van der Waals surface area contributed by atoms with Crippen molar-refractivity contribution in [3.05, 3.63) is 29.6 Å². The van der Waals surface area contributed by atoms with Crippen LogP contribution < -0.4 is 5.32 Å². The van der Waals surface area contributed by atoms with E-state index in [-0.39, 0.29) is 16.9 Å². The number of benzene rings is 1. The summed E-state index contributed by atoms with van der Waals surface area (Å²) in [6, 6.07) is 4.22. The Morgan fingerprint density at radius 1 is 1.44 bits per heavy atom. The number of halogens is 1. The van der Waals surface area contributed by atoms with Crippen LogP contribution in [0.3, 0.4) is 0 Å². The zero-order valence-electron chi connectivity index (χ0n) is 11.2. The molecular formula is C14H20FNOS. The number of amides is 1. The Morgan fingerprint density at radius 3 is 2.61 bits per heavy atom. The van der Waals surface area contributed by atoms with Crippen LogP contribution >= 0.6 is 12.6 Å². The third-order valence-corrected chi connectivity index (χ3v) is 3.52. The molecule has 0 saturated heterocycles. The first-order chi connectivity index (χ1) is 8.21. The molecule has 0 bridgehead atoms. The van der Waals surface area contributed by atoms with E-state index in [9.17, 15) is 9.18 Å².